The van der Waals surface area contributed by atoms with Crippen LogP contribution in [0.15, 0.2) is 41.8 Å². The van der Waals surface area contributed by atoms with Crippen LogP contribution < -0.4 is 0 Å². The van der Waals surface area contributed by atoms with Crippen LogP contribution in [0.2, 0.25) is 0 Å². The van der Waals surface area contributed by atoms with Gasteiger partial charge >= 0.3 is 0 Å². The first-order chi connectivity index (χ1) is 11.6. The maximum absolute atomic E-state index is 12.9. The van der Waals surface area contributed by atoms with Crippen LogP contribution in [0.25, 0.3) is 0 Å². The van der Waals surface area contributed by atoms with Crippen molar-refractivity contribution in [3.63, 3.8) is 0 Å². The van der Waals surface area contributed by atoms with Gasteiger partial charge in [-0.2, -0.15) is 0 Å². The minimum atomic E-state index is -0.212. The largest absolute Gasteiger partial charge is 0.334 e. The van der Waals surface area contributed by atoms with Crippen molar-refractivity contribution in [1.29, 1.82) is 0 Å². The van der Waals surface area contributed by atoms with Gasteiger partial charge in [0, 0.05) is 18.0 Å². The van der Waals surface area contributed by atoms with Crippen LogP contribution in [0.1, 0.15) is 29.3 Å². The van der Waals surface area contributed by atoms with Gasteiger partial charge < -0.3 is 4.90 Å². The van der Waals surface area contributed by atoms with Crippen molar-refractivity contribution < 1.29 is 9.18 Å². The molecule has 3 rings (SSSR count). The minimum absolute atomic E-state index is 0.201. The molecular weight excluding hydrogens is 323 g/mol. The van der Waals surface area contributed by atoms with Crippen molar-refractivity contribution >= 4 is 17.2 Å². The lowest BCUT2D eigenvalue weighted by molar-refractivity contribution is -0.133. The third-order valence-electron chi connectivity index (χ3n) is 4.55. The molecule has 1 aliphatic rings. The summed E-state index contributed by atoms with van der Waals surface area (Å²) in [6.07, 6.45) is 2.96. The minimum Gasteiger partial charge on any atom is -0.334 e. The van der Waals surface area contributed by atoms with Crippen LogP contribution in [0.3, 0.4) is 0 Å². The highest BCUT2D eigenvalue weighted by Crippen LogP contribution is 2.34. The molecule has 3 nitrogen and oxygen atoms in total. The number of thiophene rings is 1. The van der Waals surface area contributed by atoms with Crippen LogP contribution in [0.4, 0.5) is 4.39 Å². The van der Waals surface area contributed by atoms with Crippen molar-refractivity contribution in [2.75, 3.05) is 26.7 Å². The molecule has 0 radical (unpaired) electrons. The van der Waals surface area contributed by atoms with Gasteiger partial charge in [-0.3, -0.25) is 9.69 Å². The molecule has 1 aromatic carbocycles. The summed E-state index contributed by atoms with van der Waals surface area (Å²) in [5.41, 5.74) is 1.09. The lowest BCUT2D eigenvalue weighted by atomic mass is 10.1. The molecule has 0 N–H and O–H groups in total. The zero-order valence-corrected chi connectivity index (χ0v) is 14.8. The van der Waals surface area contributed by atoms with Crippen molar-refractivity contribution in [1.82, 2.24) is 9.80 Å². The summed E-state index contributed by atoms with van der Waals surface area (Å²) in [6, 6.07) is 11.0. The first-order valence-electron chi connectivity index (χ1n) is 8.39. The van der Waals surface area contributed by atoms with Gasteiger partial charge in [-0.25, -0.2) is 4.39 Å². The third-order valence-corrected chi connectivity index (χ3v) is 5.52. The van der Waals surface area contributed by atoms with Crippen molar-refractivity contribution in [2.45, 2.75) is 25.3 Å². The highest BCUT2D eigenvalue weighted by molar-refractivity contribution is 7.10. The number of nitrogens with zero attached hydrogens (tertiary/aromatic N) is 2. The van der Waals surface area contributed by atoms with E-state index >= 15 is 0 Å². The Balaban J connectivity index is 1.51. The predicted molar refractivity (Wildman–Crippen MR) is 95.6 cm³/mol. The molecule has 2 heterocycles. The number of carbonyl (C=O) groups excluding carboxylic acids is 1. The normalized spacial score (nSPS) is 17.6. The van der Waals surface area contributed by atoms with Gasteiger partial charge in [-0.15, -0.1) is 11.3 Å². The van der Waals surface area contributed by atoms with E-state index in [0.717, 1.165) is 37.9 Å². The number of likely N-dealkylation sites (tertiary alicyclic amines) is 1. The van der Waals surface area contributed by atoms with E-state index < -0.39 is 0 Å². The van der Waals surface area contributed by atoms with E-state index in [2.05, 4.69) is 22.4 Å². The quantitative estimate of drug-likeness (QED) is 0.796. The summed E-state index contributed by atoms with van der Waals surface area (Å²) in [5.74, 6) is -0.0107. The predicted octanol–water partition coefficient (Wildman–Crippen LogP) is 3.73. The number of hydrogen-bond donors (Lipinski definition) is 0. The maximum atomic E-state index is 12.9. The van der Waals surface area contributed by atoms with Crippen molar-refractivity contribution in [3.05, 3.63) is 58.0 Å². The highest BCUT2D eigenvalue weighted by Gasteiger charge is 2.30. The molecule has 5 heteroatoms. The SMILES string of the molecule is CN(CCc1ccc(F)cc1)CC(=O)N1CCCC1c1cccs1. The molecule has 2 aromatic rings. The second-order valence-electron chi connectivity index (χ2n) is 6.37. The fourth-order valence-electron chi connectivity index (χ4n) is 3.21. The van der Waals surface area contributed by atoms with Gasteiger partial charge in [-0.1, -0.05) is 18.2 Å². The molecule has 128 valence electrons. The number of carbonyl (C=O) groups is 1. The summed E-state index contributed by atoms with van der Waals surface area (Å²) in [7, 11) is 1.97. The van der Waals surface area contributed by atoms with Gasteiger partial charge in [0.05, 0.1) is 12.6 Å². The van der Waals surface area contributed by atoms with E-state index in [9.17, 15) is 9.18 Å². The van der Waals surface area contributed by atoms with Gasteiger partial charge in [0.2, 0.25) is 5.91 Å². The number of rotatable bonds is 6. The number of amides is 1. The highest BCUT2D eigenvalue weighted by atomic mass is 32.1. The first-order valence-corrected chi connectivity index (χ1v) is 9.27. The fraction of sp³-hybridized carbons (Fsp3) is 0.421. The second kappa shape index (κ2) is 7.90. The molecule has 1 aromatic heterocycles. The molecule has 1 fully saturated rings. The fourth-order valence-corrected chi connectivity index (χ4v) is 4.09. The summed E-state index contributed by atoms with van der Waals surface area (Å²) in [6.45, 7) is 2.07. The number of halogens is 1. The van der Waals surface area contributed by atoms with Crippen molar-refractivity contribution in [3.8, 4) is 0 Å². The third kappa shape index (κ3) is 4.22. The summed E-state index contributed by atoms with van der Waals surface area (Å²) < 4.78 is 12.9. The smallest absolute Gasteiger partial charge is 0.237 e. The zero-order valence-electron chi connectivity index (χ0n) is 14.0. The number of hydrogen-bond acceptors (Lipinski definition) is 3. The number of benzene rings is 1. The van der Waals surface area contributed by atoms with Crippen LogP contribution >= 0.6 is 11.3 Å². The lowest BCUT2D eigenvalue weighted by Gasteiger charge is -2.26. The Bertz CT molecular complexity index is 657. The van der Waals surface area contributed by atoms with E-state index in [-0.39, 0.29) is 17.8 Å². The van der Waals surface area contributed by atoms with E-state index in [1.165, 1.54) is 17.0 Å². The Morgan fingerprint density at radius 2 is 2.12 bits per heavy atom. The maximum Gasteiger partial charge on any atom is 0.237 e. The first kappa shape index (κ1) is 17.1. The topological polar surface area (TPSA) is 23.6 Å². The molecule has 1 amide bonds. The van der Waals surface area contributed by atoms with Gasteiger partial charge in [0.15, 0.2) is 0 Å². The van der Waals surface area contributed by atoms with Gasteiger partial charge in [0.1, 0.15) is 5.82 Å². The average molecular weight is 346 g/mol. The molecule has 0 saturated carbocycles. The van der Waals surface area contributed by atoms with E-state index in [1.807, 2.05) is 11.9 Å². The summed E-state index contributed by atoms with van der Waals surface area (Å²) >= 11 is 1.73. The molecule has 0 aliphatic carbocycles. The second-order valence-corrected chi connectivity index (χ2v) is 7.35. The van der Waals surface area contributed by atoms with Crippen LogP contribution in [0, 0.1) is 5.82 Å². The Labute approximate surface area is 146 Å². The zero-order chi connectivity index (χ0) is 16.9. The molecule has 1 aliphatic heterocycles. The number of likely N-dealkylation sites (N-methyl/N-ethyl adjacent to an activating group) is 1. The summed E-state index contributed by atoms with van der Waals surface area (Å²) in [5, 5.41) is 2.07. The van der Waals surface area contributed by atoms with Gasteiger partial charge in [-0.05, 0) is 55.5 Å². The molecule has 24 heavy (non-hydrogen) atoms. The molecule has 1 atom stereocenters. The Morgan fingerprint density at radius 3 is 2.83 bits per heavy atom. The monoisotopic (exact) mass is 346 g/mol. The van der Waals surface area contributed by atoms with Crippen LogP contribution in [0.5, 0.6) is 0 Å². The molecule has 1 unspecified atom stereocenters. The van der Waals surface area contributed by atoms with Crippen molar-refractivity contribution in [2.24, 2.45) is 0 Å². The Morgan fingerprint density at radius 1 is 1.33 bits per heavy atom. The van der Waals surface area contributed by atoms with E-state index in [0.29, 0.717) is 6.54 Å². The van der Waals surface area contributed by atoms with Crippen LogP contribution in [-0.2, 0) is 11.2 Å². The van der Waals surface area contributed by atoms with E-state index in [4.69, 9.17) is 0 Å². The Kier molecular flexibility index (Phi) is 5.63. The Hall–Kier alpha value is -1.72. The van der Waals surface area contributed by atoms with E-state index in [1.54, 1.807) is 23.5 Å². The lowest BCUT2D eigenvalue weighted by Crippen LogP contribution is -2.39. The molecule has 1 saturated heterocycles. The molecular formula is C19H23FN2OS. The summed E-state index contributed by atoms with van der Waals surface area (Å²) in [4.78, 5) is 18.0. The van der Waals surface area contributed by atoms with Crippen LogP contribution in [-0.4, -0.2) is 42.4 Å². The van der Waals surface area contributed by atoms with Gasteiger partial charge in [0.25, 0.3) is 0 Å². The average Bonchev–Trinajstić information content (AvgIpc) is 3.25. The molecule has 0 spiro atoms. The standard InChI is InChI=1S/C19H23FN2OS/c1-21(12-10-15-6-8-16(20)9-7-15)14-19(23)22-11-2-4-17(22)18-5-3-13-24-18/h3,5-9,13,17H,2,4,10-12,14H2,1H3. The molecule has 0 bridgehead atoms.